The summed E-state index contributed by atoms with van der Waals surface area (Å²) >= 11 is 0. The number of sulfonamides is 1. The average molecular weight is 267 g/mol. The van der Waals surface area contributed by atoms with Gasteiger partial charge in [-0.15, -0.1) is 4.83 Å². The molecule has 0 aromatic heterocycles. The zero-order valence-electron chi connectivity index (χ0n) is 10.7. The number of aryl methyl sites for hydroxylation is 1. The lowest BCUT2D eigenvalue weighted by molar-refractivity contribution is 0.364. The van der Waals surface area contributed by atoms with Gasteiger partial charge in [-0.05, 0) is 30.7 Å². The first-order valence-electron chi connectivity index (χ1n) is 5.36. The van der Waals surface area contributed by atoms with Crippen molar-refractivity contribution >= 4 is 10.0 Å². The van der Waals surface area contributed by atoms with E-state index in [1.165, 1.54) is 11.1 Å². The second-order valence-electron chi connectivity index (χ2n) is 3.97. The van der Waals surface area contributed by atoms with Gasteiger partial charge in [-0.2, -0.15) is 0 Å². The van der Waals surface area contributed by atoms with Gasteiger partial charge >= 0.3 is 0 Å². The molecule has 18 heavy (non-hydrogen) atoms. The van der Waals surface area contributed by atoms with E-state index in [2.05, 4.69) is 16.7 Å². The Hall–Kier alpha value is -1.39. The van der Waals surface area contributed by atoms with E-state index >= 15 is 0 Å². The number of rotatable bonds is 3. The third kappa shape index (κ3) is 3.82. The molecule has 0 heterocycles. The fourth-order valence-electron chi connectivity index (χ4n) is 1.38. The van der Waals surface area contributed by atoms with Crippen LogP contribution >= 0.6 is 0 Å². The molecule has 0 amide bonds. The minimum atomic E-state index is -3.52. The van der Waals surface area contributed by atoms with Crippen LogP contribution in [0, 0.1) is 18.8 Å². The van der Waals surface area contributed by atoms with Crippen LogP contribution in [0.5, 0.6) is 0 Å². The standard InChI is InChI=1S/C12H17N3O2S/c1-10-9-12(18(16,17)14-15(2)3)7-6-11(10)5-4-8-13/h6-7,9,14H,8,13H2,1-3H3. The van der Waals surface area contributed by atoms with Crippen LogP contribution in [-0.2, 0) is 10.0 Å². The molecular weight excluding hydrogens is 250 g/mol. The molecule has 0 aliphatic carbocycles. The molecule has 1 aromatic rings. The van der Waals surface area contributed by atoms with E-state index in [4.69, 9.17) is 5.73 Å². The molecule has 0 unspecified atom stereocenters. The molecule has 0 radical (unpaired) electrons. The Balaban J connectivity index is 3.12. The lowest BCUT2D eigenvalue weighted by Crippen LogP contribution is -2.36. The summed E-state index contributed by atoms with van der Waals surface area (Å²) in [5.74, 6) is 5.63. The highest BCUT2D eigenvalue weighted by molar-refractivity contribution is 7.89. The first kappa shape index (κ1) is 14.7. The van der Waals surface area contributed by atoms with Crippen molar-refractivity contribution in [3.8, 4) is 11.8 Å². The van der Waals surface area contributed by atoms with E-state index < -0.39 is 10.0 Å². The minimum absolute atomic E-state index is 0.215. The maximum absolute atomic E-state index is 11.9. The Kier molecular flexibility index (Phi) is 4.87. The molecular formula is C12H17N3O2S. The summed E-state index contributed by atoms with van der Waals surface area (Å²) in [5, 5.41) is 1.38. The maximum atomic E-state index is 11.9. The quantitative estimate of drug-likeness (QED) is 0.600. The summed E-state index contributed by atoms with van der Waals surface area (Å²) in [4.78, 5) is 2.59. The van der Waals surface area contributed by atoms with Crippen molar-refractivity contribution in [1.82, 2.24) is 9.84 Å². The zero-order chi connectivity index (χ0) is 13.8. The van der Waals surface area contributed by atoms with Gasteiger partial charge < -0.3 is 5.73 Å². The van der Waals surface area contributed by atoms with Crippen molar-refractivity contribution in [2.24, 2.45) is 5.73 Å². The zero-order valence-corrected chi connectivity index (χ0v) is 11.5. The summed E-state index contributed by atoms with van der Waals surface area (Å²) in [5.41, 5.74) is 6.88. The Labute approximate surface area is 108 Å². The predicted molar refractivity (Wildman–Crippen MR) is 71.1 cm³/mol. The van der Waals surface area contributed by atoms with Gasteiger partial charge in [0.05, 0.1) is 11.4 Å². The second-order valence-corrected chi connectivity index (χ2v) is 5.63. The molecule has 0 atom stereocenters. The number of nitrogens with two attached hydrogens (primary N) is 1. The molecule has 3 N–H and O–H groups in total. The third-order valence-electron chi connectivity index (χ3n) is 2.14. The predicted octanol–water partition coefficient (Wildman–Crippen LogP) is 0.0601. The van der Waals surface area contributed by atoms with Crippen LogP contribution in [0.2, 0.25) is 0 Å². The third-order valence-corrected chi connectivity index (χ3v) is 3.62. The molecule has 0 fully saturated rings. The summed E-state index contributed by atoms with van der Waals surface area (Å²) in [6.07, 6.45) is 0. The Morgan fingerprint density at radius 3 is 2.56 bits per heavy atom. The molecule has 98 valence electrons. The molecule has 5 nitrogen and oxygen atoms in total. The summed E-state index contributed by atoms with van der Waals surface area (Å²) in [7, 11) is -0.283. The van der Waals surface area contributed by atoms with E-state index in [9.17, 15) is 8.42 Å². The Morgan fingerprint density at radius 1 is 1.39 bits per heavy atom. The molecule has 1 rings (SSSR count). The van der Waals surface area contributed by atoms with E-state index in [1.807, 2.05) is 6.92 Å². The Morgan fingerprint density at radius 2 is 2.06 bits per heavy atom. The van der Waals surface area contributed by atoms with Gasteiger partial charge in [-0.3, -0.25) is 0 Å². The number of nitrogens with zero attached hydrogens (tertiary/aromatic N) is 1. The summed E-state index contributed by atoms with van der Waals surface area (Å²) in [6.45, 7) is 2.09. The van der Waals surface area contributed by atoms with Crippen molar-refractivity contribution in [3.63, 3.8) is 0 Å². The smallest absolute Gasteiger partial charge is 0.253 e. The van der Waals surface area contributed by atoms with Crippen molar-refractivity contribution in [1.29, 1.82) is 0 Å². The van der Waals surface area contributed by atoms with E-state index in [1.54, 1.807) is 26.2 Å². The normalized spacial score (nSPS) is 11.2. The lowest BCUT2D eigenvalue weighted by Gasteiger charge is -2.13. The first-order chi connectivity index (χ1) is 8.36. The topological polar surface area (TPSA) is 75.4 Å². The molecule has 0 spiro atoms. The van der Waals surface area contributed by atoms with Gasteiger partial charge in [0, 0.05) is 19.7 Å². The Bertz CT molecular complexity index is 583. The molecule has 0 bridgehead atoms. The molecule has 0 saturated heterocycles. The molecule has 6 heteroatoms. The van der Waals surface area contributed by atoms with Crippen LogP contribution in [-0.4, -0.2) is 34.1 Å². The fourth-order valence-corrected chi connectivity index (χ4v) is 2.55. The van der Waals surface area contributed by atoms with Gasteiger partial charge in [-0.25, -0.2) is 13.4 Å². The van der Waals surface area contributed by atoms with E-state index in [-0.39, 0.29) is 11.4 Å². The largest absolute Gasteiger partial charge is 0.320 e. The van der Waals surface area contributed by atoms with Crippen LogP contribution < -0.4 is 10.6 Å². The molecule has 1 aromatic carbocycles. The number of nitrogens with one attached hydrogen (secondary N) is 1. The van der Waals surface area contributed by atoms with E-state index in [0.717, 1.165) is 11.1 Å². The molecule has 0 aliphatic heterocycles. The SMILES string of the molecule is Cc1cc(S(=O)(=O)NN(C)C)ccc1C#CCN. The van der Waals surface area contributed by atoms with Crippen molar-refractivity contribution < 1.29 is 8.42 Å². The summed E-state index contributed by atoms with van der Waals surface area (Å²) in [6, 6.07) is 4.80. The highest BCUT2D eigenvalue weighted by atomic mass is 32.2. The van der Waals surface area contributed by atoms with Gasteiger partial charge in [0.25, 0.3) is 10.0 Å². The lowest BCUT2D eigenvalue weighted by atomic mass is 10.1. The average Bonchev–Trinajstić information content (AvgIpc) is 2.25. The summed E-state index contributed by atoms with van der Waals surface area (Å²) < 4.78 is 23.8. The highest BCUT2D eigenvalue weighted by Crippen LogP contribution is 2.14. The van der Waals surface area contributed by atoms with Crippen LogP contribution in [0.25, 0.3) is 0 Å². The monoisotopic (exact) mass is 267 g/mol. The minimum Gasteiger partial charge on any atom is -0.320 e. The van der Waals surface area contributed by atoms with Crippen molar-refractivity contribution in [2.75, 3.05) is 20.6 Å². The van der Waals surface area contributed by atoms with Gasteiger partial charge in [-0.1, -0.05) is 11.8 Å². The molecule has 0 saturated carbocycles. The number of hydrazine groups is 1. The first-order valence-corrected chi connectivity index (χ1v) is 6.84. The van der Waals surface area contributed by atoms with Gasteiger partial charge in [0.15, 0.2) is 0 Å². The number of hydrogen-bond donors (Lipinski definition) is 2. The van der Waals surface area contributed by atoms with Gasteiger partial charge in [0.2, 0.25) is 0 Å². The van der Waals surface area contributed by atoms with Crippen LogP contribution in [0.1, 0.15) is 11.1 Å². The molecule has 0 aliphatic rings. The van der Waals surface area contributed by atoms with Crippen LogP contribution in [0.4, 0.5) is 0 Å². The van der Waals surface area contributed by atoms with Crippen molar-refractivity contribution in [2.45, 2.75) is 11.8 Å². The highest BCUT2D eigenvalue weighted by Gasteiger charge is 2.15. The second kappa shape index (κ2) is 5.98. The van der Waals surface area contributed by atoms with Crippen LogP contribution in [0.3, 0.4) is 0 Å². The van der Waals surface area contributed by atoms with Crippen molar-refractivity contribution in [3.05, 3.63) is 29.3 Å². The number of hydrogen-bond acceptors (Lipinski definition) is 4. The number of benzene rings is 1. The van der Waals surface area contributed by atoms with Crippen LogP contribution in [0.15, 0.2) is 23.1 Å². The van der Waals surface area contributed by atoms with Gasteiger partial charge in [0.1, 0.15) is 0 Å². The van der Waals surface area contributed by atoms with E-state index in [0.29, 0.717) is 0 Å². The maximum Gasteiger partial charge on any atom is 0.253 e. The fraction of sp³-hybridized carbons (Fsp3) is 0.333.